The highest BCUT2D eigenvalue weighted by atomic mass is 16.3. The molecule has 3 nitrogen and oxygen atoms in total. The molecule has 0 aliphatic heterocycles. The van der Waals surface area contributed by atoms with Gasteiger partial charge in [-0.05, 0) is 47.9 Å². The first-order valence-electron chi connectivity index (χ1n) is 8.96. The second-order valence-electron chi connectivity index (χ2n) is 8.15. The van der Waals surface area contributed by atoms with E-state index in [1.165, 1.54) is 17.3 Å². The summed E-state index contributed by atoms with van der Waals surface area (Å²) in [4.78, 5) is 4.27. The van der Waals surface area contributed by atoms with Crippen LogP contribution in [0, 0.1) is 5.92 Å². The van der Waals surface area contributed by atoms with Crippen molar-refractivity contribution in [2.24, 2.45) is 5.92 Å². The molecule has 1 saturated carbocycles. The number of pyridine rings is 1. The summed E-state index contributed by atoms with van der Waals surface area (Å²) in [5, 5.41) is 12.8. The molecule has 3 atom stereocenters. The third-order valence-corrected chi connectivity index (χ3v) is 5.06. The Labute approximate surface area is 150 Å². The van der Waals surface area contributed by atoms with Gasteiger partial charge in [0.1, 0.15) is 5.75 Å². The van der Waals surface area contributed by atoms with Gasteiger partial charge in [-0.2, -0.15) is 0 Å². The number of allylic oxidation sites excluding steroid dienone is 1. The molecule has 3 rings (SSSR count). The normalized spacial score (nSPS) is 20.8. The van der Waals surface area contributed by atoms with Crippen molar-refractivity contribution >= 4 is 0 Å². The third kappa shape index (κ3) is 4.04. The summed E-state index contributed by atoms with van der Waals surface area (Å²) in [5.41, 5.74) is 4.95. The van der Waals surface area contributed by atoms with E-state index < -0.39 is 0 Å². The van der Waals surface area contributed by atoms with E-state index in [1.807, 2.05) is 6.07 Å². The maximum Gasteiger partial charge on any atom is 0.133 e. The summed E-state index contributed by atoms with van der Waals surface area (Å²) in [6.45, 7) is 13.0. The Kier molecular flexibility index (Phi) is 4.59. The van der Waals surface area contributed by atoms with Gasteiger partial charge in [-0.25, -0.2) is 0 Å². The number of aromatic nitrogens is 1. The summed E-state index contributed by atoms with van der Waals surface area (Å²) in [6.07, 6.45) is 2.63. The van der Waals surface area contributed by atoms with Gasteiger partial charge in [0.2, 0.25) is 0 Å². The predicted molar refractivity (Wildman–Crippen MR) is 103 cm³/mol. The van der Waals surface area contributed by atoms with E-state index in [9.17, 15) is 5.11 Å². The van der Waals surface area contributed by atoms with Crippen LogP contribution in [0.25, 0.3) is 0 Å². The number of hydrogen-bond donors (Lipinski definition) is 2. The van der Waals surface area contributed by atoms with Gasteiger partial charge < -0.3 is 10.4 Å². The van der Waals surface area contributed by atoms with Gasteiger partial charge in [-0.3, -0.25) is 4.98 Å². The van der Waals surface area contributed by atoms with Gasteiger partial charge in [0.15, 0.2) is 0 Å². The summed E-state index contributed by atoms with van der Waals surface area (Å²) in [5.74, 6) is 1.24. The molecular weight excluding hydrogens is 308 g/mol. The minimum atomic E-state index is 0.0811. The van der Waals surface area contributed by atoms with Crippen molar-refractivity contribution in [1.29, 1.82) is 0 Å². The fourth-order valence-corrected chi connectivity index (χ4v) is 3.29. The molecule has 1 aromatic heterocycles. The molecule has 2 unspecified atom stereocenters. The molecule has 1 heterocycles. The molecule has 0 saturated heterocycles. The highest BCUT2D eigenvalue weighted by Crippen LogP contribution is 2.51. The number of rotatable bonds is 5. The topological polar surface area (TPSA) is 45.1 Å². The minimum Gasteiger partial charge on any atom is -0.506 e. The quantitative estimate of drug-likeness (QED) is 0.803. The Balaban J connectivity index is 1.59. The molecule has 1 fully saturated rings. The lowest BCUT2D eigenvalue weighted by Gasteiger charge is -2.19. The SMILES string of the molecule is C=C(N[C@H](C)c1ccc(O)cn1)C1CC1c1ccc(C(C)(C)C)cc1. The monoisotopic (exact) mass is 336 g/mol. The molecule has 25 heavy (non-hydrogen) atoms. The molecule has 2 aromatic rings. The lowest BCUT2D eigenvalue weighted by Crippen LogP contribution is -2.19. The van der Waals surface area contributed by atoms with Crippen LogP contribution in [0.1, 0.15) is 62.9 Å². The van der Waals surface area contributed by atoms with Gasteiger partial charge >= 0.3 is 0 Å². The fourth-order valence-electron chi connectivity index (χ4n) is 3.29. The van der Waals surface area contributed by atoms with E-state index in [4.69, 9.17) is 0 Å². The first kappa shape index (κ1) is 17.5. The summed E-state index contributed by atoms with van der Waals surface area (Å²) in [6, 6.07) is 12.6. The number of hydrogen-bond acceptors (Lipinski definition) is 3. The van der Waals surface area contributed by atoms with Crippen LogP contribution < -0.4 is 5.32 Å². The highest BCUT2D eigenvalue weighted by molar-refractivity contribution is 5.35. The van der Waals surface area contributed by atoms with E-state index in [1.54, 1.807) is 6.07 Å². The first-order chi connectivity index (χ1) is 11.8. The highest BCUT2D eigenvalue weighted by Gasteiger charge is 2.40. The molecule has 1 aliphatic rings. The molecule has 1 aliphatic carbocycles. The molecule has 0 amide bonds. The average Bonchev–Trinajstić information content (AvgIpc) is 3.35. The zero-order valence-corrected chi connectivity index (χ0v) is 15.6. The van der Waals surface area contributed by atoms with Crippen molar-refractivity contribution in [3.05, 3.63) is 71.7 Å². The Hall–Kier alpha value is -2.29. The van der Waals surface area contributed by atoms with Gasteiger partial charge in [0, 0.05) is 11.6 Å². The molecule has 2 N–H and O–H groups in total. The van der Waals surface area contributed by atoms with E-state index in [0.29, 0.717) is 11.8 Å². The zero-order valence-electron chi connectivity index (χ0n) is 15.6. The fraction of sp³-hybridized carbons (Fsp3) is 0.409. The van der Waals surface area contributed by atoms with Crippen LogP contribution in [0.2, 0.25) is 0 Å². The van der Waals surface area contributed by atoms with Crippen LogP contribution in [0.4, 0.5) is 0 Å². The largest absolute Gasteiger partial charge is 0.506 e. The second-order valence-corrected chi connectivity index (χ2v) is 8.15. The lowest BCUT2D eigenvalue weighted by molar-refractivity contribution is 0.471. The Bertz CT molecular complexity index is 741. The number of benzene rings is 1. The maximum atomic E-state index is 9.35. The van der Waals surface area contributed by atoms with Crippen molar-refractivity contribution in [2.75, 3.05) is 0 Å². The van der Waals surface area contributed by atoms with Crippen molar-refractivity contribution in [2.45, 2.75) is 51.5 Å². The molecule has 0 radical (unpaired) electrons. The standard InChI is InChI=1S/C22H28N2O/c1-14(24-15(2)21-11-10-18(25)13-23-21)19-12-20(19)16-6-8-17(9-7-16)22(3,4)5/h6-11,13,15,19-20,24-25H,1,12H2,2-5H3/t15-,19?,20?/m1/s1. The van der Waals surface area contributed by atoms with Crippen molar-refractivity contribution in [3.63, 3.8) is 0 Å². The van der Waals surface area contributed by atoms with E-state index >= 15 is 0 Å². The van der Waals surface area contributed by atoms with Crippen molar-refractivity contribution < 1.29 is 5.11 Å². The molecule has 3 heteroatoms. The Morgan fingerprint density at radius 3 is 2.44 bits per heavy atom. The van der Waals surface area contributed by atoms with Crippen molar-refractivity contribution in [1.82, 2.24) is 10.3 Å². The summed E-state index contributed by atoms with van der Waals surface area (Å²) < 4.78 is 0. The summed E-state index contributed by atoms with van der Waals surface area (Å²) in [7, 11) is 0. The van der Waals surface area contributed by atoms with Gasteiger partial charge in [0.25, 0.3) is 0 Å². The molecule has 132 valence electrons. The van der Waals surface area contributed by atoms with Crippen molar-refractivity contribution in [3.8, 4) is 5.75 Å². The van der Waals surface area contributed by atoms with Crippen LogP contribution >= 0.6 is 0 Å². The van der Waals surface area contributed by atoms with Crippen LogP contribution in [0.3, 0.4) is 0 Å². The predicted octanol–water partition coefficient (Wildman–Crippen LogP) is 5.05. The molecular formula is C22H28N2O. The van der Waals surface area contributed by atoms with Gasteiger partial charge in [-0.1, -0.05) is 51.6 Å². The molecule has 0 bridgehead atoms. The summed E-state index contributed by atoms with van der Waals surface area (Å²) >= 11 is 0. The van der Waals surface area contributed by atoms with Gasteiger partial charge in [-0.15, -0.1) is 0 Å². The average molecular weight is 336 g/mol. The van der Waals surface area contributed by atoms with E-state index in [-0.39, 0.29) is 17.2 Å². The molecule has 1 aromatic carbocycles. The Morgan fingerprint density at radius 2 is 1.88 bits per heavy atom. The van der Waals surface area contributed by atoms with E-state index in [2.05, 4.69) is 68.8 Å². The van der Waals surface area contributed by atoms with Crippen LogP contribution in [-0.4, -0.2) is 10.1 Å². The lowest BCUT2D eigenvalue weighted by atomic mass is 9.86. The minimum absolute atomic E-state index is 0.0811. The van der Waals surface area contributed by atoms with Crippen LogP contribution in [-0.2, 0) is 5.41 Å². The third-order valence-electron chi connectivity index (χ3n) is 5.06. The number of nitrogens with zero attached hydrogens (tertiary/aromatic N) is 1. The number of aromatic hydroxyl groups is 1. The van der Waals surface area contributed by atoms with Crippen LogP contribution in [0.15, 0.2) is 54.9 Å². The molecule has 0 spiro atoms. The number of nitrogens with one attached hydrogen (secondary N) is 1. The maximum absolute atomic E-state index is 9.35. The van der Waals surface area contributed by atoms with E-state index in [0.717, 1.165) is 17.8 Å². The first-order valence-corrected chi connectivity index (χ1v) is 8.96. The van der Waals surface area contributed by atoms with Crippen LogP contribution in [0.5, 0.6) is 5.75 Å². The second kappa shape index (κ2) is 6.55. The Morgan fingerprint density at radius 1 is 1.20 bits per heavy atom. The van der Waals surface area contributed by atoms with Gasteiger partial charge in [0.05, 0.1) is 17.9 Å². The smallest absolute Gasteiger partial charge is 0.133 e. The zero-order chi connectivity index (χ0) is 18.2.